The van der Waals surface area contributed by atoms with Gasteiger partial charge in [-0.3, -0.25) is 9.59 Å². The lowest BCUT2D eigenvalue weighted by Crippen LogP contribution is -2.48. The zero-order chi connectivity index (χ0) is 18.7. The van der Waals surface area contributed by atoms with Gasteiger partial charge in [0.25, 0.3) is 5.91 Å². The molecule has 6 nitrogen and oxygen atoms in total. The molecule has 0 radical (unpaired) electrons. The molecule has 1 aromatic carbocycles. The van der Waals surface area contributed by atoms with Crippen LogP contribution in [0.15, 0.2) is 36.5 Å². The maximum absolute atomic E-state index is 13.8. The second-order valence-corrected chi connectivity index (χ2v) is 6.35. The Kier molecular flexibility index (Phi) is 5.37. The molecule has 0 atom stereocenters. The number of piperazine rings is 1. The Labute approximate surface area is 155 Å². The number of carbonyl (C=O) groups excluding carboxylic acids is 2. The van der Waals surface area contributed by atoms with Crippen LogP contribution in [0.25, 0.3) is 0 Å². The molecule has 1 saturated heterocycles. The van der Waals surface area contributed by atoms with E-state index in [0.29, 0.717) is 18.9 Å². The number of benzene rings is 1. The van der Waals surface area contributed by atoms with Crippen molar-refractivity contribution in [3.63, 3.8) is 0 Å². The first-order valence-corrected chi connectivity index (χ1v) is 8.55. The summed E-state index contributed by atoms with van der Waals surface area (Å²) < 4.78 is 13.8. The van der Waals surface area contributed by atoms with Crippen LogP contribution in [0.5, 0.6) is 0 Å². The molecule has 0 spiro atoms. The van der Waals surface area contributed by atoms with Gasteiger partial charge in [-0.25, -0.2) is 9.37 Å². The van der Waals surface area contributed by atoms with E-state index in [9.17, 15) is 14.0 Å². The van der Waals surface area contributed by atoms with Gasteiger partial charge >= 0.3 is 0 Å². The average molecular weight is 377 g/mol. The van der Waals surface area contributed by atoms with Crippen LogP contribution >= 0.6 is 11.6 Å². The van der Waals surface area contributed by atoms with Gasteiger partial charge in [-0.15, -0.1) is 0 Å². The smallest absolute Gasteiger partial charge is 0.261 e. The highest BCUT2D eigenvalue weighted by Crippen LogP contribution is 2.21. The van der Waals surface area contributed by atoms with Crippen molar-refractivity contribution in [3.05, 3.63) is 52.9 Å². The van der Waals surface area contributed by atoms with Gasteiger partial charge in [0.2, 0.25) is 5.91 Å². The summed E-state index contributed by atoms with van der Waals surface area (Å²) in [7, 11) is 0. The number of amides is 2. The predicted octanol–water partition coefficient (Wildman–Crippen LogP) is 2.79. The molecule has 1 aromatic heterocycles. The molecule has 1 aliphatic heterocycles. The molecule has 1 fully saturated rings. The number of aromatic nitrogens is 1. The van der Waals surface area contributed by atoms with Crippen LogP contribution in [0.1, 0.15) is 17.3 Å². The fourth-order valence-electron chi connectivity index (χ4n) is 2.82. The molecule has 0 aliphatic carbocycles. The highest BCUT2D eigenvalue weighted by molar-refractivity contribution is 6.34. The average Bonchev–Trinajstić information content (AvgIpc) is 2.62. The van der Waals surface area contributed by atoms with Crippen molar-refractivity contribution in [2.45, 2.75) is 6.92 Å². The van der Waals surface area contributed by atoms with Crippen LogP contribution < -0.4 is 10.2 Å². The van der Waals surface area contributed by atoms with Gasteiger partial charge < -0.3 is 15.1 Å². The topological polar surface area (TPSA) is 65.5 Å². The summed E-state index contributed by atoms with van der Waals surface area (Å²) in [6.07, 6.45) is 1.64. The Morgan fingerprint density at radius 2 is 1.88 bits per heavy atom. The second-order valence-electron chi connectivity index (χ2n) is 5.95. The van der Waals surface area contributed by atoms with E-state index in [2.05, 4.69) is 15.2 Å². The molecule has 2 aromatic rings. The highest BCUT2D eigenvalue weighted by atomic mass is 35.5. The Bertz CT molecular complexity index is 800. The first kappa shape index (κ1) is 18.1. The largest absolute Gasteiger partial charge is 0.367 e. The number of hydrogen-bond donors (Lipinski definition) is 1. The number of carbonyl (C=O) groups is 2. The Morgan fingerprint density at radius 1 is 1.15 bits per heavy atom. The van der Waals surface area contributed by atoms with Crippen molar-refractivity contribution in [1.29, 1.82) is 0 Å². The van der Waals surface area contributed by atoms with Crippen LogP contribution in [-0.2, 0) is 4.79 Å². The molecular formula is C18H18ClFN4O2. The van der Waals surface area contributed by atoms with Crippen molar-refractivity contribution in [2.24, 2.45) is 0 Å². The Morgan fingerprint density at radius 3 is 2.46 bits per heavy atom. The van der Waals surface area contributed by atoms with Gasteiger partial charge in [0, 0.05) is 33.1 Å². The second kappa shape index (κ2) is 7.70. The van der Waals surface area contributed by atoms with E-state index in [1.54, 1.807) is 24.1 Å². The summed E-state index contributed by atoms with van der Waals surface area (Å²) in [5.41, 5.74) is 0.690. The molecule has 1 N–H and O–H groups in total. The van der Waals surface area contributed by atoms with Gasteiger partial charge in [0.15, 0.2) is 0 Å². The van der Waals surface area contributed by atoms with Crippen molar-refractivity contribution in [3.8, 4) is 0 Å². The van der Waals surface area contributed by atoms with E-state index in [0.717, 1.165) is 18.8 Å². The maximum atomic E-state index is 13.8. The number of nitrogens with zero attached hydrogens (tertiary/aromatic N) is 3. The number of rotatable bonds is 3. The standard InChI is InChI=1S/C18H18ClFN4O2/c1-12(25)23-7-9-24(10-8-23)13-5-6-16(21-11-13)22-18(26)17-14(19)3-2-4-15(17)20/h2-6,11H,7-10H2,1H3,(H,21,22,26). The predicted molar refractivity (Wildman–Crippen MR) is 98.1 cm³/mol. The van der Waals surface area contributed by atoms with Crippen LogP contribution in [0.2, 0.25) is 5.02 Å². The van der Waals surface area contributed by atoms with Crippen LogP contribution in [-0.4, -0.2) is 47.9 Å². The van der Waals surface area contributed by atoms with Crippen LogP contribution in [0.3, 0.4) is 0 Å². The SMILES string of the molecule is CC(=O)N1CCN(c2ccc(NC(=O)c3c(F)cccc3Cl)nc2)CC1. The summed E-state index contributed by atoms with van der Waals surface area (Å²) in [4.78, 5) is 31.7. The zero-order valence-electron chi connectivity index (χ0n) is 14.2. The van der Waals surface area contributed by atoms with Gasteiger partial charge in [-0.1, -0.05) is 17.7 Å². The third kappa shape index (κ3) is 3.94. The lowest BCUT2D eigenvalue weighted by Gasteiger charge is -2.35. The van der Waals surface area contributed by atoms with E-state index < -0.39 is 11.7 Å². The molecule has 1 aliphatic rings. The summed E-state index contributed by atoms with van der Waals surface area (Å²) >= 11 is 5.90. The molecule has 2 amide bonds. The maximum Gasteiger partial charge on any atom is 0.261 e. The molecular weight excluding hydrogens is 359 g/mol. The number of nitrogens with one attached hydrogen (secondary N) is 1. The molecule has 3 rings (SSSR count). The van der Waals surface area contributed by atoms with Crippen molar-refractivity contribution < 1.29 is 14.0 Å². The lowest BCUT2D eigenvalue weighted by atomic mass is 10.2. The number of pyridine rings is 1. The van der Waals surface area contributed by atoms with Gasteiger partial charge in [0.1, 0.15) is 11.6 Å². The quantitative estimate of drug-likeness (QED) is 0.894. The third-order valence-corrected chi connectivity index (χ3v) is 4.58. The van der Waals surface area contributed by atoms with E-state index >= 15 is 0 Å². The Hall–Kier alpha value is -2.67. The molecule has 26 heavy (non-hydrogen) atoms. The number of anilines is 2. The molecule has 0 saturated carbocycles. The fourth-order valence-corrected chi connectivity index (χ4v) is 3.07. The molecule has 2 heterocycles. The van der Waals surface area contributed by atoms with Crippen molar-refractivity contribution >= 4 is 34.9 Å². The highest BCUT2D eigenvalue weighted by Gasteiger charge is 2.19. The summed E-state index contributed by atoms with van der Waals surface area (Å²) in [5, 5.41) is 2.59. The minimum atomic E-state index is -0.685. The van der Waals surface area contributed by atoms with E-state index in [1.165, 1.54) is 18.2 Å². The first-order chi connectivity index (χ1) is 12.5. The monoisotopic (exact) mass is 376 g/mol. The van der Waals surface area contributed by atoms with Gasteiger partial charge in [-0.2, -0.15) is 0 Å². The Balaban J connectivity index is 1.65. The minimum absolute atomic E-state index is 0.0439. The lowest BCUT2D eigenvalue weighted by molar-refractivity contribution is -0.129. The minimum Gasteiger partial charge on any atom is -0.367 e. The summed E-state index contributed by atoms with van der Waals surface area (Å²) in [6.45, 7) is 4.34. The van der Waals surface area contributed by atoms with Gasteiger partial charge in [-0.05, 0) is 24.3 Å². The summed E-state index contributed by atoms with van der Waals surface area (Å²) in [6, 6.07) is 7.55. The van der Waals surface area contributed by atoms with Crippen molar-refractivity contribution in [2.75, 3.05) is 36.4 Å². The van der Waals surface area contributed by atoms with E-state index in [-0.39, 0.29) is 16.5 Å². The van der Waals surface area contributed by atoms with Gasteiger partial charge in [0.05, 0.1) is 22.5 Å². The summed E-state index contributed by atoms with van der Waals surface area (Å²) in [5.74, 6) is -0.952. The van der Waals surface area contributed by atoms with E-state index in [1.807, 2.05) is 6.07 Å². The third-order valence-electron chi connectivity index (χ3n) is 4.27. The zero-order valence-corrected chi connectivity index (χ0v) is 15.0. The van der Waals surface area contributed by atoms with Crippen LogP contribution in [0.4, 0.5) is 15.9 Å². The number of halogens is 2. The normalized spacial score (nSPS) is 14.3. The molecule has 136 valence electrons. The first-order valence-electron chi connectivity index (χ1n) is 8.17. The van der Waals surface area contributed by atoms with Crippen molar-refractivity contribution in [1.82, 2.24) is 9.88 Å². The molecule has 8 heteroatoms. The van der Waals surface area contributed by atoms with Crippen LogP contribution in [0, 0.1) is 5.82 Å². The molecule has 0 unspecified atom stereocenters. The van der Waals surface area contributed by atoms with E-state index in [4.69, 9.17) is 11.6 Å². The molecule has 0 bridgehead atoms. The number of hydrogen-bond acceptors (Lipinski definition) is 4. The fraction of sp³-hybridized carbons (Fsp3) is 0.278.